The van der Waals surface area contributed by atoms with E-state index in [4.69, 9.17) is 0 Å². The summed E-state index contributed by atoms with van der Waals surface area (Å²) in [4.78, 5) is 19.8. The molecular weight excluding hydrogens is 356 g/mol. The molecule has 5 rings (SSSR count). The van der Waals surface area contributed by atoms with Crippen molar-refractivity contribution in [2.45, 2.75) is 39.7 Å². The van der Waals surface area contributed by atoms with Gasteiger partial charge in [0.25, 0.3) is 5.56 Å². The number of thiophene rings is 1. The third kappa shape index (κ3) is 2.72. The molecule has 0 N–H and O–H groups in total. The van der Waals surface area contributed by atoms with Gasteiger partial charge in [0.05, 0.1) is 29.6 Å². The van der Waals surface area contributed by atoms with Crippen LogP contribution in [0.2, 0.25) is 0 Å². The molecule has 1 aromatic carbocycles. The number of aromatic nitrogens is 4. The molecule has 0 aliphatic heterocycles. The van der Waals surface area contributed by atoms with Crippen LogP contribution < -0.4 is 5.56 Å². The third-order valence-corrected chi connectivity index (χ3v) is 6.44. The van der Waals surface area contributed by atoms with E-state index in [1.807, 2.05) is 30.7 Å². The van der Waals surface area contributed by atoms with Crippen LogP contribution in [0.15, 0.2) is 41.5 Å². The van der Waals surface area contributed by atoms with E-state index in [1.54, 1.807) is 22.2 Å². The minimum Gasteiger partial charge on any atom is -0.294 e. The molecule has 4 aromatic rings. The molecule has 27 heavy (non-hydrogen) atoms. The highest BCUT2D eigenvalue weighted by atomic mass is 32.1. The van der Waals surface area contributed by atoms with E-state index in [1.165, 1.54) is 10.4 Å². The summed E-state index contributed by atoms with van der Waals surface area (Å²) in [5.74, 6) is 0. The molecule has 0 fully saturated rings. The van der Waals surface area contributed by atoms with Gasteiger partial charge < -0.3 is 0 Å². The van der Waals surface area contributed by atoms with Gasteiger partial charge in [0, 0.05) is 10.6 Å². The molecule has 0 amide bonds. The molecule has 1 aliphatic carbocycles. The quantitative estimate of drug-likeness (QED) is 0.546. The smallest absolute Gasteiger partial charge is 0.262 e. The maximum Gasteiger partial charge on any atom is 0.262 e. The lowest BCUT2D eigenvalue weighted by Crippen LogP contribution is -2.21. The molecule has 5 nitrogen and oxygen atoms in total. The SMILES string of the molecule is Cc1cc(C)n(-c2ccc(Cn3cnc4sc5c(c4c3=O)CCC5)cc2)n1. The van der Waals surface area contributed by atoms with Crippen LogP contribution in [0.1, 0.15) is 33.8 Å². The summed E-state index contributed by atoms with van der Waals surface area (Å²) >= 11 is 1.68. The minimum atomic E-state index is 0.0852. The third-order valence-electron chi connectivity index (χ3n) is 5.24. The van der Waals surface area contributed by atoms with Crippen molar-refractivity contribution in [3.8, 4) is 5.69 Å². The van der Waals surface area contributed by atoms with Crippen LogP contribution in [0.4, 0.5) is 0 Å². The average Bonchev–Trinajstić information content (AvgIpc) is 3.32. The van der Waals surface area contributed by atoms with Crippen molar-refractivity contribution in [1.29, 1.82) is 0 Å². The Hall–Kier alpha value is -2.73. The van der Waals surface area contributed by atoms with Crippen LogP contribution in [-0.4, -0.2) is 19.3 Å². The highest BCUT2D eigenvalue weighted by molar-refractivity contribution is 7.18. The van der Waals surface area contributed by atoms with Gasteiger partial charge in [0.2, 0.25) is 0 Å². The van der Waals surface area contributed by atoms with Gasteiger partial charge >= 0.3 is 0 Å². The van der Waals surface area contributed by atoms with E-state index in [9.17, 15) is 4.79 Å². The predicted octanol–water partition coefficient (Wildman–Crippen LogP) is 3.80. The van der Waals surface area contributed by atoms with E-state index in [0.29, 0.717) is 6.54 Å². The maximum atomic E-state index is 13.0. The lowest BCUT2D eigenvalue weighted by molar-refractivity contribution is 0.747. The van der Waals surface area contributed by atoms with Crippen LogP contribution in [-0.2, 0) is 19.4 Å². The first-order valence-electron chi connectivity index (χ1n) is 9.22. The second-order valence-electron chi connectivity index (χ2n) is 7.22. The molecule has 3 heterocycles. The lowest BCUT2D eigenvalue weighted by atomic mass is 10.2. The number of benzene rings is 1. The number of fused-ring (bicyclic) bond motifs is 3. The lowest BCUT2D eigenvalue weighted by Gasteiger charge is -2.08. The number of hydrogen-bond acceptors (Lipinski definition) is 4. The van der Waals surface area contributed by atoms with Crippen molar-refractivity contribution < 1.29 is 0 Å². The van der Waals surface area contributed by atoms with Crippen molar-refractivity contribution >= 4 is 21.6 Å². The van der Waals surface area contributed by atoms with E-state index in [0.717, 1.165) is 52.1 Å². The molecular formula is C21H20N4OS. The van der Waals surface area contributed by atoms with Crippen molar-refractivity contribution in [3.05, 3.63) is 74.4 Å². The fourth-order valence-corrected chi connectivity index (χ4v) is 5.18. The summed E-state index contributed by atoms with van der Waals surface area (Å²) in [7, 11) is 0. The summed E-state index contributed by atoms with van der Waals surface area (Å²) in [6.45, 7) is 4.58. The molecule has 6 heteroatoms. The van der Waals surface area contributed by atoms with Gasteiger partial charge in [0.15, 0.2) is 0 Å². The van der Waals surface area contributed by atoms with Crippen LogP contribution in [0.25, 0.3) is 15.9 Å². The zero-order chi connectivity index (χ0) is 18.5. The fraction of sp³-hybridized carbons (Fsp3) is 0.286. The molecule has 0 atom stereocenters. The number of rotatable bonds is 3. The molecule has 0 spiro atoms. The Labute approximate surface area is 160 Å². The molecule has 3 aromatic heterocycles. The highest BCUT2D eigenvalue weighted by Gasteiger charge is 2.21. The normalized spacial score (nSPS) is 13.4. The van der Waals surface area contributed by atoms with Crippen molar-refractivity contribution in [1.82, 2.24) is 19.3 Å². The van der Waals surface area contributed by atoms with Crippen LogP contribution in [0.5, 0.6) is 0 Å². The molecule has 0 radical (unpaired) electrons. The molecule has 0 saturated heterocycles. The molecule has 1 aliphatic rings. The van der Waals surface area contributed by atoms with E-state index in [-0.39, 0.29) is 5.56 Å². The molecule has 0 saturated carbocycles. The van der Waals surface area contributed by atoms with Gasteiger partial charge in [-0.05, 0) is 62.4 Å². The Morgan fingerprint density at radius 2 is 1.96 bits per heavy atom. The fourth-order valence-electron chi connectivity index (χ4n) is 3.96. The summed E-state index contributed by atoms with van der Waals surface area (Å²) in [6, 6.07) is 10.3. The van der Waals surface area contributed by atoms with Gasteiger partial charge in [-0.3, -0.25) is 9.36 Å². The van der Waals surface area contributed by atoms with Gasteiger partial charge in [-0.2, -0.15) is 5.10 Å². The Morgan fingerprint density at radius 1 is 1.15 bits per heavy atom. The predicted molar refractivity (Wildman–Crippen MR) is 108 cm³/mol. The van der Waals surface area contributed by atoms with E-state index < -0.39 is 0 Å². The minimum absolute atomic E-state index is 0.0852. The van der Waals surface area contributed by atoms with Gasteiger partial charge in [0.1, 0.15) is 4.83 Å². The Morgan fingerprint density at radius 3 is 2.70 bits per heavy atom. The summed E-state index contributed by atoms with van der Waals surface area (Å²) < 4.78 is 3.67. The van der Waals surface area contributed by atoms with Gasteiger partial charge in [-0.15, -0.1) is 11.3 Å². The van der Waals surface area contributed by atoms with E-state index in [2.05, 4.69) is 28.3 Å². The first-order valence-corrected chi connectivity index (χ1v) is 10.0. The van der Waals surface area contributed by atoms with Crippen LogP contribution >= 0.6 is 11.3 Å². The number of hydrogen-bond donors (Lipinski definition) is 0. The van der Waals surface area contributed by atoms with Crippen molar-refractivity contribution in [2.24, 2.45) is 0 Å². The standard InChI is InChI=1S/C21H20N4OS/c1-13-10-14(2)25(23-13)16-8-6-15(7-9-16)11-24-12-22-20-19(21(24)26)17-4-3-5-18(17)27-20/h6-10,12H,3-5,11H2,1-2H3. The van der Waals surface area contributed by atoms with Crippen LogP contribution in [0, 0.1) is 13.8 Å². The molecule has 136 valence electrons. The van der Waals surface area contributed by atoms with E-state index >= 15 is 0 Å². The monoisotopic (exact) mass is 376 g/mol. The Kier molecular flexibility index (Phi) is 3.75. The zero-order valence-corrected chi connectivity index (χ0v) is 16.2. The number of nitrogens with zero attached hydrogens (tertiary/aromatic N) is 4. The summed E-state index contributed by atoms with van der Waals surface area (Å²) in [6.07, 6.45) is 4.93. The first kappa shape index (κ1) is 16.4. The average molecular weight is 376 g/mol. The van der Waals surface area contributed by atoms with Gasteiger partial charge in [-0.25, -0.2) is 9.67 Å². The first-order chi connectivity index (χ1) is 13.1. The Balaban J connectivity index is 1.48. The van der Waals surface area contributed by atoms with Crippen LogP contribution in [0.3, 0.4) is 0 Å². The molecule has 0 bridgehead atoms. The summed E-state index contributed by atoms with van der Waals surface area (Å²) in [5, 5.41) is 5.36. The largest absolute Gasteiger partial charge is 0.294 e. The summed E-state index contributed by atoms with van der Waals surface area (Å²) in [5.41, 5.74) is 5.54. The van der Waals surface area contributed by atoms with Crippen molar-refractivity contribution in [3.63, 3.8) is 0 Å². The zero-order valence-electron chi connectivity index (χ0n) is 15.4. The topological polar surface area (TPSA) is 52.7 Å². The number of aryl methyl sites for hydroxylation is 4. The molecule has 0 unspecified atom stereocenters. The Bertz CT molecular complexity index is 1210. The maximum absolute atomic E-state index is 13.0. The van der Waals surface area contributed by atoms with Crippen molar-refractivity contribution in [2.75, 3.05) is 0 Å². The highest BCUT2D eigenvalue weighted by Crippen LogP contribution is 2.34. The van der Waals surface area contributed by atoms with Gasteiger partial charge in [-0.1, -0.05) is 12.1 Å². The second kappa shape index (κ2) is 6.16. The second-order valence-corrected chi connectivity index (χ2v) is 8.30.